The highest BCUT2D eigenvalue weighted by Crippen LogP contribution is 2.44. The van der Waals surface area contributed by atoms with Crippen molar-refractivity contribution in [1.82, 2.24) is 38.5 Å². The van der Waals surface area contributed by atoms with Crippen LogP contribution < -0.4 is 5.46 Å². The smallest absolute Gasteiger partial charge is 0.423 e. The minimum absolute atomic E-state index is 0.0173. The van der Waals surface area contributed by atoms with E-state index in [0.29, 0.717) is 59.3 Å². The second-order valence-corrected chi connectivity index (χ2v) is 20.9. The van der Waals surface area contributed by atoms with E-state index in [9.17, 15) is 22.6 Å². The number of hydrogen-bond donors (Lipinski definition) is 1. The van der Waals surface area contributed by atoms with Crippen LogP contribution in [0.1, 0.15) is 99.8 Å². The zero-order chi connectivity index (χ0) is 50.6. The summed E-state index contributed by atoms with van der Waals surface area (Å²) in [6, 6.07) is 22.9. The van der Waals surface area contributed by atoms with Crippen molar-refractivity contribution >= 4 is 69.4 Å². The van der Waals surface area contributed by atoms with Gasteiger partial charge in [-0.1, -0.05) is 53.5 Å². The third-order valence-electron chi connectivity index (χ3n) is 15.1. The lowest BCUT2D eigenvalue weighted by Gasteiger charge is -2.42. The predicted molar refractivity (Wildman–Crippen MR) is 282 cm³/mol. The molecule has 2 aromatic carbocycles. The van der Waals surface area contributed by atoms with Crippen molar-refractivity contribution in [3.05, 3.63) is 194 Å². The first-order valence-electron chi connectivity index (χ1n) is 25.2. The first-order chi connectivity index (χ1) is 36.1. The zero-order valence-electron chi connectivity index (χ0n) is 40.3. The Morgan fingerprint density at radius 1 is 0.662 bits per heavy atom. The number of likely N-dealkylation sites (tertiary alicyclic amines) is 2. The van der Waals surface area contributed by atoms with E-state index in [4.69, 9.17) is 37.8 Å². The molecule has 2 saturated heterocycles. The molecule has 12 rings (SSSR count). The topological polar surface area (TPSA) is 96.3 Å². The number of aryl methyl sites for hydroxylation is 2. The van der Waals surface area contributed by atoms with Gasteiger partial charge in [-0.15, -0.1) is 0 Å². The van der Waals surface area contributed by atoms with Crippen LogP contribution in [-0.4, -0.2) is 90.2 Å². The van der Waals surface area contributed by atoms with E-state index in [-0.39, 0.29) is 24.1 Å². The highest BCUT2D eigenvalue weighted by Gasteiger charge is 2.38. The van der Waals surface area contributed by atoms with Crippen molar-refractivity contribution in [2.24, 2.45) is 11.8 Å². The van der Waals surface area contributed by atoms with E-state index in [1.54, 1.807) is 36.9 Å². The second kappa shape index (κ2) is 20.5. The number of halogens is 6. The summed E-state index contributed by atoms with van der Waals surface area (Å²) >= 11 is 13.7. The molecule has 2 aliphatic carbocycles. The summed E-state index contributed by atoms with van der Waals surface area (Å²) < 4.78 is 65.8. The maximum Gasteiger partial charge on any atom is 0.492 e. The summed E-state index contributed by atoms with van der Waals surface area (Å²) in [5, 5.41) is 13.2. The number of nitrogens with zero attached hydrogens (tertiary/aromatic N) is 8. The molecule has 2 aliphatic heterocycles. The van der Waals surface area contributed by atoms with E-state index in [0.717, 1.165) is 117 Å². The quantitative estimate of drug-likeness (QED) is 0.0850. The number of alkyl halides is 4. The van der Waals surface area contributed by atoms with Crippen molar-refractivity contribution in [3.8, 4) is 0 Å². The van der Waals surface area contributed by atoms with Gasteiger partial charge in [-0.25, -0.2) is 18.7 Å². The van der Waals surface area contributed by atoms with Gasteiger partial charge in [0.05, 0.1) is 29.1 Å². The minimum atomic E-state index is -2.59. The van der Waals surface area contributed by atoms with Crippen molar-refractivity contribution in [2.45, 2.75) is 57.7 Å². The van der Waals surface area contributed by atoms with Crippen molar-refractivity contribution in [2.75, 3.05) is 39.5 Å². The van der Waals surface area contributed by atoms with Crippen LogP contribution in [0.25, 0.3) is 33.6 Å². The third-order valence-corrected chi connectivity index (χ3v) is 15.7. The average Bonchev–Trinajstić information content (AvgIpc) is 3.88. The number of hydrogen-bond acceptors (Lipinski definition) is 8. The summed E-state index contributed by atoms with van der Waals surface area (Å²) in [7, 11) is -1.37. The van der Waals surface area contributed by atoms with E-state index in [1.807, 2.05) is 81.0 Å². The molecule has 10 nitrogen and oxygen atoms in total. The summed E-state index contributed by atoms with van der Waals surface area (Å²) in [6.45, 7) is 2.20. The molecule has 0 amide bonds. The molecule has 6 aromatic heterocycles. The van der Waals surface area contributed by atoms with Crippen LogP contribution >= 0.6 is 23.2 Å². The SMILES string of the molecule is OB(OC(c1cn2ccc(C3=C(c4ccncc4Cl)CCCc4cc(C(F)F)ccc43)cc2n1)N1CC(CF)C1)c1ccc2c(c1)CCCC(c1ccncc1Cl)=C2c1ccn2cc(CN3CC(CF)C3)nc2c1. The molecule has 0 spiro atoms. The fourth-order valence-electron chi connectivity index (χ4n) is 11.5. The van der Waals surface area contributed by atoms with Gasteiger partial charge in [-0.05, 0) is 153 Å². The summed E-state index contributed by atoms with van der Waals surface area (Å²) in [5.41, 5.74) is 14.7. The molecule has 74 heavy (non-hydrogen) atoms. The Bertz CT molecular complexity index is 3500. The van der Waals surface area contributed by atoms with E-state index in [2.05, 4.69) is 27.0 Å². The highest BCUT2D eigenvalue weighted by molar-refractivity contribution is 6.60. The van der Waals surface area contributed by atoms with Crippen LogP contribution in [0.5, 0.6) is 0 Å². The first kappa shape index (κ1) is 48.7. The minimum Gasteiger partial charge on any atom is -0.423 e. The third kappa shape index (κ3) is 9.36. The van der Waals surface area contributed by atoms with E-state index < -0.39 is 26.4 Å². The van der Waals surface area contributed by atoms with Crippen LogP contribution in [-0.2, 0) is 24.0 Å². The fourth-order valence-corrected chi connectivity index (χ4v) is 11.9. The van der Waals surface area contributed by atoms with Gasteiger partial charge in [0, 0.05) is 99.7 Å². The summed E-state index contributed by atoms with van der Waals surface area (Å²) in [5.74, 6) is -0.0739. The molecule has 0 saturated carbocycles. The molecule has 17 heteroatoms. The van der Waals surface area contributed by atoms with Crippen LogP contribution in [0.15, 0.2) is 122 Å². The first-order valence-corrected chi connectivity index (χ1v) is 25.9. The number of imidazole rings is 2. The van der Waals surface area contributed by atoms with Crippen LogP contribution in [0.3, 0.4) is 0 Å². The van der Waals surface area contributed by atoms with E-state index in [1.165, 1.54) is 6.07 Å². The van der Waals surface area contributed by atoms with Crippen molar-refractivity contribution < 1.29 is 27.2 Å². The van der Waals surface area contributed by atoms with Gasteiger partial charge in [-0.2, -0.15) is 0 Å². The van der Waals surface area contributed by atoms with Gasteiger partial charge >= 0.3 is 7.12 Å². The Hall–Kier alpha value is -6.20. The molecule has 8 heterocycles. The number of aromatic nitrogens is 6. The maximum atomic E-state index is 14.0. The largest absolute Gasteiger partial charge is 0.492 e. The Kier molecular flexibility index (Phi) is 13.5. The number of fused-ring (bicyclic) bond motifs is 4. The molecule has 4 aliphatic rings. The van der Waals surface area contributed by atoms with Crippen LogP contribution in [0.2, 0.25) is 10.0 Å². The molecule has 1 atom stereocenters. The Labute approximate surface area is 436 Å². The Morgan fingerprint density at radius 2 is 1.24 bits per heavy atom. The van der Waals surface area contributed by atoms with Crippen molar-refractivity contribution in [3.63, 3.8) is 0 Å². The number of allylic oxidation sites excluding steroid dienone is 2. The van der Waals surface area contributed by atoms with Gasteiger partial charge < -0.3 is 18.5 Å². The average molecular weight is 1040 g/mol. The predicted octanol–water partition coefficient (Wildman–Crippen LogP) is 11.3. The molecule has 8 aromatic rings. The molecular weight excluding hydrogens is 986 g/mol. The number of pyridine rings is 4. The van der Waals surface area contributed by atoms with Gasteiger partial charge in [0.2, 0.25) is 0 Å². The number of benzene rings is 2. The van der Waals surface area contributed by atoms with E-state index >= 15 is 0 Å². The molecular formula is C57H51BCl2F4N8O2. The maximum absolute atomic E-state index is 14.0. The van der Waals surface area contributed by atoms with Gasteiger partial charge in [-0.3, -0.25) is 28.5 Å². The molecule has 376 valence electrons. The van der Waals surface area contributed by atoms with Gasteiger partial charge in [0.25, 0.3) is 6.43 Å². The highest BCUT2D eigenvalue weighted by atomic mass is 35.5. The Morgan fingerprint density at radius 3 is 1.85 bits per heavy atom. The molecule has 0 radical (unpaired) electrons. The normalized spacial score (nSPS) is 17.4. The standard InChI is InChI=1S/C57H51BCl2F4N8O2/c59-49-25-65-15-11-45(49)47-5-1-3-36-19-40(56(63)64)7-9-43(36)54(47)39-14-18-71-33-51(68-53(71)22-39)57(72-29-35(24-62)30-72)74-58(73)41-8-10-44-37(20-41)4-2-6-48(46-12-16-66-26-50(46)60)55(44)38-13-17-70-32-42(67-52(70)21-38)31-69-27-34(23-61)28-69/h7-22,25-26,32-35,56-57,73H,1-6,23-24,27-31H2. The monoisotopic (exact) mass is 1040 g/mol. The lowest BCUT2D eigenvalue weighted by atomic mass is 9.76. The molecule has 1 unspecified atom stereocenters. The lowest BCUT2D eigenvalue weighted by Crippen LogP contribution is -2.52. The number of rotatable bonds is 14. The molecule has 2 fully saturated rings. The lowest BCUT2D eigenvalue weighted by molar-refractivity contribution is -0.0659. The summed E-state index contributed by atoms with van der Waals surface area (Å²) in [4.78, 5) is 22.8. The van der Waals surface area contributed by atoms with Gasteiger partial charge in [0.1, 0.15) is 23.2 Å². The fraction of sp³-hybridized carbons (Fsp3) is 0.298. The Balaban J connectivity index is 0.883. The second-order valence-electron chi connectivity index (χ2n) is 20.0. The molecule has 1 N–H and O–H groups in total. The van der Waals surface area contributed by atoms with Crippen LogP contribution in [0, 0.1) is 11.8 Å². The summed E-state index contributed by atoms with van der Waals surface area (Å²) in [6.07, 6.45) is 15.5. The van der Waals surface area contributed by atoms with Gasteiger partial charge in [0.15, 0.2) is 0 Å². The zero-order valence-corrected chi connectivity index (χ0v) is 41.8. The van der Waals surface area contributed by atoms with Crippen molar-refractivity contribution in [1.29, 1.82) is 0 Å². The van der Waals surface area contributed by atoms with Crippen LogP contribution in [0.4, 0.5) is 17.6 Å². The molecule has 0 bridgehead atoms.